The molecule has 0 aliphatic heterocycles. The molecule has 0 aromatic heterocycles. The zero-order chi connectivity index (χ0) is 10.4. The molecule has 0 aliphatic rings. The highest BCUT2D eigenvalue weighted by Gasteiger charge is 2.04. The molecule has 1 aromatic carbocycles. The van der Waals surface area contributed by atoms with E-state index in [9.17, 15) is 0 Å². The quantitative estimate of drug-likeness (QED) is 0.760. The Labute approximate surface area is 90.2 Å². The largest absolute Gasteiger partial charge is 0.495 e. The van der Waals surface area contributed by atoms with Gasteiger partial charge in [-0.15, -0.1) is 0 Å². The van der Waals surface area contributed by atoms with Crippen molar-refractivity contribution in [2.75, 3.05) is 13.7 Å². The van der Waals surface area contributed by atoms with E-state index in [-0.39, 0.29) is 0 Å². The topological polar surface area (TPSA) is 21.3 Å². The fourth-order valence-corrected chi connectivity index (χ4v) is 1.52. The summed E-state index contributed by atoms with van der Waals surface area (Å²) in [6.45, 7) is 3.94. The molecule has 0 fully saturated rings. The van der Waals surface area contributed by atoms with Crippen LogP contribution in [0.25, 0.3) is 0 Å². The molecule has 14 heavy (non-hydrogen) atoms. The van der Waals surface area contributed by atoms with E-state index in [1.807, 2.05) is 18.2 Å². The lowest BCUT2D eigenvalue weighted by Crippen LogP contribution is -2.14. The second-order valence-electron chi connectivity index (χ2n) is 3.11. The normalized spacial score (nSPS) is 10.2. The number of nitrogens with one attached hydrogen (secondary N) is 1. The van der Waals surface area contributed by atoms with Crippen molar-refractivity contribution in [3.63, 3.8) is 0 Å². The first kappa shape index (κ1) is 11.3. The van der Waals surface area contributed by atoms with Gasteiger partial charge in [0.05, 0.1) is 12.1 Å². The van der Waals surface area contributed by atoms with Gasteiger partial charge in [0.15, 0.2) is 0 Å². The molecule has 1 aromatic rings. The molecule has 1 N–H and O–H groups in total. The van der Waals surface area contributed by atoms with Crippen LogP contribution in [0.4, 0.5) is 0 Å². The van der Waals surface area contributed by atoms with Gasteiger partial charge in [0.2, 0.25) is 0 Å². The Hall–Kier alpha value is -0.730. The van der Waals surface area contributed by atoms with Crippen molar-refractivity contribution in [3.05, 3.63) is 28.8 Å². The number of benzene rings is 1. The number of methoxy groups -OCH3 is 1. The van der Waals surface area contributed by atoms with Crippen LogP contribution in [0.15, 0.2) is 18.2 Å². The van der Waals surface area contributed by atoms with Crippen molar-refractivity contribution in [2.24, 2.45) is 0 Å². The monoisotopic (exact) mass is 213 g/mol. The van der Waals surface area contributed by atoms with Crippen molar-refractivity contribution in [3.8, 4) is 5.75 Å². The van der Waals surface area contributed by atoms with Gasteiger partial charge in [-0.1, -0.05) is 30.7 Å². The van der Waals surface area contributed by atoms with Crippen LogP contribution in [0.1, 0.15) is 18.9 Å². The Kier molecular flexibility index (Phi) is 4.77. The van der Waals surface area contributed by atoms with Crippen LogP contribution in [-0.4, -0.2) is 13.7 Å². The van der Waals surface area contributed by atoms with Gasteiger partial charge in [0.1, 0.15) is 5.75 Å². The first-order valence-electron chi connectivity index (χ1n) is 4.81. The zero-order valence-electron chi connectivity index (χ0n) is 8.64. The van der Waals surface area contributed by atoms with Gasteiger partial charge in [0.25, 0.3) is 0 Å². The standard InChI is InChI=1S/C11H16ClNO/c1-3-7-13-8-9-5-4-6-10(14-2)11(9)12/h4-6,13H,3,7-8H2,1-2H3. The molecule has 0 saturated heterocycles. The van der Waals surface area contributed by atoms with Crippen molar-refractivity contribution < 1.29 is 4.74 Å². The molecule has 0 radical (unpaired) electrons. The minimum Gasteiger partial charge on any atom is -0.495 e. The SMILES string of the molecule is CCCNCc1cccc(OC)c1Cl. The molecule has 2 nitrogen and oxygen atoms in total. The molecule has 0 amide bonds. The smallest absolute Gasteiger partial charge is 0.137 e. The maximum Gasteiger partial charge on any atom is 0.137 e. The molecule has 0 atom stereocenters. The fraction of sp³-hybridized carbons (Fsp3) is 0.455. The Morgan fingerprint density at radius 3 is 2.86 bits per heavy atom. The molecule has 0 aliphatic carbocycles. The summed E-state index contributed by atoms with van der Waals surface area (Å²) in [5.41, 5.74) is 1.08. The second kappa shape index (κ2) is 5.89. The molecule has 0 saturated carbocycles. The van der Waals surface area contributed by atoms with E-state index in [4.69, 9.17) is 16.3 Å². The van der Waals surface area contributed by atoms with Gasteiger partial charge >= 0.3 is 0 Å². The van der Waals surface area contributed by atoms with E-state index in [2.05, 4.69) is 12.2 Å². The van der Waals surface area contributed by atoms with Gasteiger partial charge in [-0.2, -0.15) is 0 Å². The highest BCUT2D eigenvalue weighted by atomic mass is 35.5. The van der Waals surface area contributed by atoms with Crippen LogP contribution in [-0.2, 0) is 6.54 Å². The van der Waals surface area contributed by atoms with E-state index in [1.54, 1.807) is 7.11 Å². The van der Waals surface area contributed by atoms with Crippen LogP contribution in [0.5, 0.6) is 5.75 Å². The Balaban J connectivity index is 2.66. The number of halogens is 1. The first-order valence-corrected chi connectivity index (χ1v) is 5.19. The maximum atomic E-state index is 6.12. The number of hydrogen-bond acceptors (Lipinski definition) is 2. The summed E-state index contributed by atoms with van der Waals surface area (Å²) < 4.78 is 5.13. The Morgan fingerprint density at radius 1 is 1.43 bits per heavy atom. The van der Waals surface area contributed by atoms with Gasteiger partial charge in [0, 0.05) is 6.54 Å². The zero-order valence-corrected chi connectivity index (χ0v) is 9.40. The average molecular weight is 214 g/mol. The second-order valence-corrected chi connectivity index (χ2v) is 3.49. The molecule has 78 valence electrons. The van der Waals surface area contributed by atoms with E-state index >= 15 is 0 Å². The predicted molar refractivity (Wildman–Crippen MR) is 60.0 cm³/mol. The average Bonchev–Trinajstić information content (AvgIpc) is 2.21. The summed E-state index contributed by atoms with van der Waals surface area (Å²) in [5.74, 6) is 0.738. The van der Waals surface area contributed by atoms with Crippen molar-refractivity contribution in [2.45, 2.75) is 19.9 Å². The molecule has 0 spiro atoms. The highest BCUT2D eigenvalue weighted by molar-refractivity contribution is 6.32. The summed E-state index contributed by atoms with van der Waals surface area (Å²) >= 11 is 6.12. The molecular weight excluding hydrogens is 198 g/mol. The van der Waals surface area contributed by atoms with Crippen LogP contribution in [0.2, 0.25) is 5.02 Å². The minimum absolute atomic E-state index is 0.707. The molecule has 0 heterocycles. The molecule has 1 rings (SSSR count). The summed E-state index contributed by atoms with van der Waals surface area (Å²) in [6, 6.07) is 5.83. The first-order chi connectivity index (χ1) is 6.79. The summed E-state index contributed by atoms with van der Waals surface area (Å²) in [7, 11) is 1.63. The van der Waals surface area contributed by atoms with Crippen LogP contribution in [0, 0.1) is 0 Å². The molecule has 3 heteroatoms. The summed E-state index contributed by atoms with van der Waals surface area (Å²) in [4.78, 5) is 0. The summed E-state index contributed by atoms with van der Waals surface area (Å²) in [5, 5.41) is 4.01. The van der Waals surface area contributed by atoms with Crippen molar-refractivity contribution in [1.82, 2.24) is 5.32 Å². The Bertz CT molecular complexity index is 289. The van der Waals surface area contributed by atoms with E-state index in [0.29, 0.717) is 5.02 Å². The number of rotatable bonds is 5. The third-order valence-corrected chi connectivity index (χ3v) is 2.43. The minimum atomic E-state index is 0.707. The Morgan fingerprint density at radius 2 is 2.21 bits per heavy atom. The summed E-state index contributed by atoms with van der Waals surface area (Å²) in [6.07, 6.45) is 1.13. The van der Waals surface area contributed by atoms with Crippen molar-refractivity contribution >= 4 is 11.6 Å². The fourth-order valence-electron chi connectivity index (χ4n) is 1.25. The lowest BCUT2D eigenvalue weighted by Gasteiger charge is -2.08. The highest BCUT2D eigenvalue weighted by Crippen LogP contribution is 2.27. The lowest BCUT2D eigenvalue weighted by molar-refractivity contribution is 0.414. The van der Waals surface area contributed by atoms with E-state index in [1.165, 1.54) is 0 Å². The van der Waals surface area contributed by atoms with E-state index < -0.39 is 0 Å². The predicted octanol–water partition coefficient (Wildman–Crippen LogP) is 2.85. The third kappa shape index (κ3) is 2.89. The van der Waals surface area contributed by atoms with Gasteiger partial charge in [-0.25, -0.2) is 0 Å². The number of hydrogen-bond donors (Lipinski definition) is 1. The molecule has 0 bridgehead atoms. The molecular formula is C11H16ClNO. The van der Waals surface area contributed by atoms with Gasteiger partial charge in [-0.3, -0.25) is 0 Å². The van der Waals surface area contributed by atoms with Crippen LogP contribution in [0.3, 0.4) is 0 Å². The lowest BCUT2D eigenvalue weighted by atomic mass is 10.2. The van der Waals surface area contributed by atoms with Crippen LogP contribution < -0.4 is 10.1 Å². The van der Waals surface area contributed by atoms with Crippen molar-refractivity contribution in [1.29, 1.82) is 0 Å². The van der Waals surface area contributed by atoms with Gasteiger partial charge in [-0.05, 0) is 24.6 Å². The maximum absolute atomic E-state index is 6.12. The van der Waals surface area contributed by atoms with Gasteiger partial charge < -0.3 is 10.1 Å². The number of ether oxygens (including phenoxy) is 1. The molecule has 0 unspecified atom stereocenters. The van der Waals surface area contributed by atoms with E-state index in [0.717, 1.165) is 30.8 Å². The third-order valence-electron chi connectivity index (χ3n) is 2.01. The van der Waals surface area contributed by atoms with Crippen LogP contribution >= 0.6 is 11.6 Å².